The van der Waals surface area contributed by atoms with Crippen LogP contribution in [0.25, 0.3) is 0 Å². The van der Waals surface area contributed by atoms with Crippen molar-refractivity contribution in [1.82, 2.24) is 20.0 Å². The maximum absolute atomic E-state index is 13.0. The zero-order valence-electron chi connectivity index (χ0n) is 13.9. The number of nitrogens with zero attached hydrogens (tertiary/aromatic N) is 3. The molecular weight excluding hydrogens is 359 g/mol. The molecule has 0 radical (unpaired) electrons. The highest BCUT2D eigenvalue weighted by Crippen LogP contribution is 2.29. The molecule has 2 aromatic rings. The molecular formula is C18H22Cl2N4O. The summed E-state index contributed by atoms with van der Waals surface area (Å²) in [6.45, 7) is 2.47. The fourth-order valence-corrected chi connectivity index (χ4v) is 4.02. The lowest BCUT2D eigenvalue weighted by Gasteiger charge is -2.27. The number of hydrogen-bond donors (Lipinski definition) is 1. The van der Waals surface area contributed by atoms with E-state index in [1.165, 1.54) is 0 Å². The normalized spacial score (nSPS) is 22.4. The molecule has 2 saturated heterocycles. The van der Waals surface area contributed by atoms with Crippen molar-refractivity contribution in [2.45, 2.75) is 37.9 Å². The van der Waals surface area contributed by atoms with Crippen LogP contribution in [0.2, 0.25) is 5.02 Å². The monoisotopic (exact) mass is 380 g/mol. The third kappa shape index (κ3) is 3.68. The van der Waals surface area contributed by atoms with Crippen molar-refractivity contribution >= 4 is 29.9 Å². The molecule has 2 fully saturated rings. The second-order valence-electron chi connectivity index (χ2n) is 6.61. The van der Waals surface area contributed by atoms with Gasteiger partial charge < -0.3 is 10.2 Å². The van der Waals surface area contributed by atoms with E-state index in [0.717, 1.165) is 42.9 Å². The molecule has 1 N–H and O–H groups in total. The Morgan fingerprint density at radius 3 is 2.88 bits per heavy atom. The van der Waals surface area contributed by atoms with E-state index in [2.05, 4.69) is 15.3 Å². The predicted molar refractivity (Wildman–Crippen MR) is 100 cm³/mol. The van der Waals surface area contributed by atoms with Gasteiger partial charge in [0, 0.05) is 29.8 Å². The fraction of sp³-hybridized carbons (Fsp3) is 0.444. The van der Waals surface area contributed by atoms with Crippen LogP contribution >= 0.6 is 24.0 Å². The van der Waals surface area contributed by atoms with Crippen LogP contribution in [-0.4, -0.2) is 45.8 Å². The summed E-state index contributed by atoms with van der Waals surface area (Å²) in [5.41, 5.74) is 1.67. The third-order valence-corrected chi connectivity index (χ3v) is 5.43. The first-order valence-electron chi connectivity index (χ1n) is 8.51. The average Bonchev–Trinajstić information content (AvgIpc) is 3.12. The fourth-order valence-electron chi connectivity index (χ4n) is 3.82. The third-order valence-electron chi connectivity index (χ3n) is 5.06. The number of rotatable bonds is 3. The van der Waals surface area contributed by atoms with Crippen LogP contribution < -0.4 is 5.32 Å². The van der Waals surface area contributed by atoms with Crippen LogP contribution in [-0.2, 0) is 6.54 Å². The number of fused-ring (bicyclic) bond motifs is 2. The van der Waals surface area contributed by atoms with Crippen molar-refractivity contribution < 1.29 is 4.79 Å². The Kier molecular flexibility index (Phi) is 5.67. The van der Waals surface area contributed by atoms with E-state index < -0.39 is 0 Å². The molecule has 0 spiro atoms. The van der Waals surface area contributed by atoms with Gasteiger partial charge in [0.25, 0.3) is 5.91 Å². The van der Waals surface area contributed by atoms with E-state index in [9.17, 15) is 4.79 Å². The summed E-state index contributed by atoms with van der Waals surface area (Å²) >= 11 is 6.21. The molecule has 5 nitrogen and oxygen atoms in total. The zero-order valence-corrected chi connectivity index (χ0v) is 15.5. The lowest BCUT2D eigenvalue weighted by molar-refractivity contribution is 0.0680. The van der Waals surface area contributed by atoms with E-state index in [1.54, 1.807) is 10.9 Å². The summed E-state index contributed by atoms with van der Waals surface area (Å²) in [5.74, 6) is 0.108. The van der Waals surface area contributed by atoms with E-state index in [0.29, 0.717) is 24.2 Å². The van der Waals surface area contributed by atoms with E-state index >= 15 is 0 Å². The second-order valence-corrected chi connectivity index (χ2v) is 7.02. The number of hydrogen-bond acceptors (Lipinski definition) is 3. The predicted octanol–water partition coefficient (Wildman–Crippen LogP) is 2.97. The SMILES string of the molecule is Cl.O=C(c1cnn(Cc2ccccc2Cl)c1)N1C2CCNCC1CC2. The van der Waals surface area contributed by atoms with Gasteiger partial charge in [-0.1, -0.05) is 29.8 Å². The molecule has 2 unspecified atom stereocenters. The number of halogens is 2. The number of carbonyl (C=O) groups is 1. The van der Waals surface area contributed by atoms with Crippen molar-refractivity contribution in [3.05, 3.63) is 52.8 Å². The maximum Gasteiger partial charge on any atom is 0.257 e. The van der Waals surface area contributed by atoms with Crippen LogP contribution in [0.5, 0.6) is 0 Å². The molecule has 4 rings (SSSR count). The lowest BCUT2D eigenvalue weighted by atomic mass is 10.1. The highest BCUT2D eigenvalue weighted by molar-refractivity contribution is 6.31. The van der Waals surface area contributed by atoms with Crippen molar-refractivity contribution in [2.75, 3.05) is 13.1 Å². The van der Waals surface area contributed by atoms with Crippen LogP contribution in [0.1, 0.15) is 35.2 Å². The number of aromatic nitrogens is 2. The summed E-state index contributed by atoms with van der Waals surface area (Å²) in [6.07, 6.45) is 6.76. The van der Waals surface area contributed by atoms with Gasteiger partial charge in [-0.15, -0.1) is 12.4 Å². The molecule has 0 aliphatic carbocycles. The number of benzene rings is 1. The average molecular weight is 381 g/mol. The molecule has 1 aromatic carbocycles. The minimum Gasteiger partial charge on any atom is -0.331 e. The molecule has 0 saturated carbocycles. The van der Waals surface area contributed by atoms with Crippen LogP contribution in [0, 0.1) is 0 Å². The van der Waals surface area contributed by atoms with Gasteiger partial charge in [-0.3, -0.25) is 9.48 Å². The smallest absolute Gasteiger partial charge is 0.257 e. The van der Waals surface area contributed by atoms with Gasteiger partial charge in [0.05, 0.1) is 18.3 Å². The Hall–Kier alpha value is -1.56. The Balaban J connectivity index is 0.00000182. The van der Waals surface area contributed by atoms with Gasteiger partial charge in [0.1, 0.15) is 0 Å². The highest BCUT2D eigenvalue weighted by atomic mass is 35.5. The van der Waals surface area contributed by atoms with Crippen molar-refractivity contribution in [3.8, 4) is 0 Å². The zero-order chi connectivity index (χ0) is 16.5. The van der Waals surface area contributed by atoms with Gasteiger partial charge in [0.2, 0.25) is 0 Å². The van der Waals surface area contributed by atoms with Crippen molar-refractivity contribution in [2.24, 2.45) is 0 Å². The number of nitrogens with one attached hydrogen (secondary N) is 1. The first-order chi connectivity index (χ1) is 11.7. The topological polar surface area (TPSA) is 50.2 Å². The van der Waals surface area contributed by atoms with Gasteiger partial charge in [-0.2, -0.15) is 5.10 Å². The molecule has 1 amide bonds. The Morgan fingerprint density at radius 2 is 2.04 bits per heavy atom. The first kappa shape index (κ1) is 18.2. The molecule has 2 bridgehead atoms. The van der Waals surface area contributed by atoms with Crippen molar-refractivity contribution in [3.63, 3.8) is 0 Å². The first-order valence-corrected chi connectivity index (χ1v) is 8.89. The van der Waals surface area contributed by atoms with E-state index in [-0.39, 0.29) is 18.3 Å². The maximum atomic E-state index is 13.0. The molecule has 134 valence electrons. The van der Waals surface area contributed by atoms with Crippen molar-refractivity contribution in [1.29, 1.82) is 0 Å². The lowest BCUT2D eigenvalue weighted by Crippen LogP contribution is -2.42. The molecule has 7 heteroatoms. The molecule has 2 aliphatic heterocycles. The summed E-state index contributed by atoms with van der Waals surface area (Å²) < 4.78 is 1.78. The Morgan fingerprint density at radius 1 is 1.24 bits per heavy atom. The van der Waals surface area contributed by atoms with Crippen LogP contribution in [0.4, 0.5) is 0 Å². The standard InChI is InChI=1S/C18H21ClN4O.ClH/c19-17-4-2-1-3-13(17)11-22-12-14(9-21-22)18(24)23-15-5-6-16(23)10-20-8-7-15;/h1-4,9,12,15-16,20H,5-8,10-11H2;1H. The number of amides is 1. The second kappa shape index (κ2) is 7.77. The van der Waals surface area contributed by atoms with E-state index in [1.807, 2.05) is 30.5 Å². The summed E-state index contributed by atoms with van der Waals surface area (Å²) in [6, 6.07) is 8.40. The minimum atomic E-state index is 0. The largest absolute Gasteiger partial charge is 0.331 e. The molecule has 3 heterocycles. The van der Waals surface area contributed by atoms with Crippen LogP contribution in [0.15, 0.2) is 36.7 Å². The molecule has 2 atom stereocenters. The molecule has 25 heavy (non-hydrogen) atoms. The van der Waals surface area contributed by atoms with E-state index in [4.69, 9.17) is 11.6 Å². The van der Waals surface area contributed by atoms with Crippen LogP contribution in [0.3, 0.4) is 0 Å². The summed E-state index contributed by atoms with van der Waals surface area (Å²) in [7, 11) is 0. The van der Waals surface area contributed by atoms with Gasteiger partial charge in [-0.05, 0) is 37.4 Å². The quantitative estimate of drug-likeness (QED) is 0.890. The Labute approximate surface area is 158 Å². The highest BCUT2D eigenvalue weighted by Gasteiger charge is 2.38. The van der Waals surface area contributed by atoms with Gasteiger partial charge in [-0.25, -0.2) is 0 Å². The molecule has 1 aromatic heterocycles. The minimum absolute atomic E-state index is 0. The molecule has 2 aliphatic rings. The van der Waals surface area contributed by atoms with Gasteiger partial charge >= 0.3 is 0 Å². The van der Waals surface area contributed by atoms with Gasteiger partial charge in [0.15, 0.2) is 0 Å². The summed E-state index contributed by atoms with van der Waals surface area (Å²) in [5, 5.41) is 8.51. The Bertz CT molecular complexity index is 734. The summed E-state index contributed by atoms with van der Waals surface area (Å²) in [4.78, 5) is 15.0. The number of carbonyl (C=O) groups excluding carboxylic acids is 1.